The van der Waals surface area contributed by atoms with E-state index in [2.05, 4.69) is 24.1 Å². The summed E-state index contributed by atoms with van der Waals surface area (Å²) in [5.41, 5.74) is 0.896. The average molecular weight is 413 g/mol. The molecule has 7 heteroatoms. The Hall–Kier alpha value is -2.51. The van der Waals surface area contributed by atoms with Crippen molar-refractivity contribution >= 4 is 34.0 Å². The van der Waals surface area contributed by atoms with Crippen LogP contribution in [0.1, 0.15) is 20.3 Å². The van der Waals surface area contributed by atoms with E-state index in [4.69, 9.17) is 14.7 Å². The molecule has 6 nitrogen and oxygen atoms in total. The van der Waals surface area contributed by atoms with Gasteiger partial charge in [0.1, 0.15) is 5.82 Å². The fourth-order valence-corrected chi connectivity index (χ4v) is 3.64. The number of ether oxygens (including phenoxy) is 1. The highest BCUT2D eigenvalue weighted by atomic mass is 32.1. The zero-order chi connectivity index (χ0) is 20.6. The van der Waals surface area contributed by atoms with E-state index in [-0.39, 0.29) is 5.91 Å². The van der Waals surface area contributed by atoms with Gasteiger partial charge in [0, 0.05) is 38.6 Å². The number of thiophene rings is 1. The zero-order valence-corrected chi connectivity index (χ0v) is 18.0. The van der Waals surface area contributed by atoms with Crippen LogP contribution in [0.25, 0.3) is 21.6 Å². The molecule has 1 N–H and O–H groups in total. The number of amides is 1. The van der Waals surface area contributed by atoms with Crippen molar-refractivity contribution in [1.29, 1.82) is 0 Å². The summed E-state index contributed by atoms with van der Waals surface area (Å²) in [6.07, 6.45) is 0.406. The first-order chi connectivity index (χ1) is 14.1. The molecule has 0 aliphatic rings. The largest absolute Gasteiger partial charge is 0.383 e. The summed E-state index contributed by atoms with van der Waals surface area (Å²) in [5, 5.41) is 5.99. The van der Waals surface area contributed by atoms with Crippen LogP contribution in [0.4, 0.5) is 5.82 Å². The smallest absolute Gasteiger partial charge is 0.221 e. The number of benzene rings is 1. The maximum atomic E-state index is 12.3. The third-order valence-electron chi connectivity index (χ3n) is 4.51. The predicted octanol–water partition coefficient (Wildman–Crippen LogP) is 3.97. The third kappa shape index (κ3) is 5.74. The number of methoxy groups -OCH3 is 1. The van der Waals surface area contributed by atoms with Gasteiger partial charge in [0.05, 0.1) is 17.0 Å². The summed E-state index contributed by atoms with van der Waals surface area (Å²) < 4.78 is 5.31. The Morgan fingerprint density at radius 1 is 1.17 bits per heavy atom. The van der Waals surface area contributed by atoms with Gasteiger partial charge in [-0.15, -0.1) is 11.3 Å². The minimum absolute atomic E-state index is 0.0537. The molecule has 0 saturated heterocycles. The number of hydrogen-bond acceptors (Lipinski definition) is 6. The third-order valence-corrected chi connectivity index (χ3v) is 5.37. The molecule has 0 aliphatic heterocycles. The Bertz CT molecular complexity index is 928. The van der Waals surface area contributed by atoms with Gasteiger partial charge < -0.3 is 15.0 Å². The van der Waals surface area contributed by atoms with Gasteiger partial charge in [-0.1, -0.05) is 32.0 Å². The number of hydrogen-bond donors (Lipinski definition) is 1. The van der Waals surface area contributed by atoms with Crippen molar-refractivity contribution in [3.8, 4) is 10.7 Å². The summed E-state index contributed by atoms with van der Waals surface area (Å²) in [6.45, 7) is 6.64. The molecule has 29 heavy (non-hydrogen) atoms. The summed E-state index contributed by atoms with van der Waals surface area (Å²) in [7, 11) is 1.68. The van der Waals surface area contributed by atoms with E-state index in [0.29, 0.717) is 44.4 Å². The highest BCUT2D eigenvalue weighted by Crippen LogP contribution is 2.29. The van der Waals surface area contributed by atoms with Gasteiger partial charge in [-0.05, 0) is 29.5 Å². The van der Waals surface area contributed by atoms with Gasteiger partial charge in [-0.3, -0.25) is 4.79 Å². The van der Waals surface area contributed by atoms with Crippen molar-refractivity contribution in [1.82, 2.24) is 15.3 Å². The van der Waals surface area contributed by atoms with E-state index in [0.717, 1.165) is 21.6 Å². The number of carbonyl (C=O) groups excluding carboxylic acids is 1. The fraction of sp³-hybridized carbons (Fsp3) is 0.409. The quantitative estimate of drug-likeness (QED) is 0.546. The molecule has 0 aliphatic carbocycles. The molecular weight excluding hydrogens is 384 g/mol. The predicted molar refractivity (Wildman–Crippen MR) is 119 cm³/mol. The molecule has 0 bridgehead atoms. The molecule has 0 atom stereocenters. The van der Waals surface area contributed by atoms with E-state index < -0.39 is 0 Å². The molecule has 1 aromatic carbocycles. The van der Waals surface area contributed by atoms with Crippen molar-refractivity contribution < 1.29 is 9.53 Å². The molecule has 3 aromatic rings. The van der Waals surface area contributed by atoms with Gasteiger partial charge in [-0.2, -0.15) is 0 Å². The first-order valence-electron chi connectivity index (χ1n) is 9.89. The van der Waals surface area contributed by atoms with Crippen LogP contribution in [0.3, 0.4) is 0 Å². The van der Waals surface area contributed by atoms with E-state index >= 15 is 0 Å². The van der Waals surface area contributed by atoms with E-state index in [1.165, 1.54) is 0 Å². The van der Waals surface area contributed by atoms with Crippen LogP contribution in [0.15, 0.2) is 41.8 Å². The second-order valence-corrected chi connectivity index (χ2v) is 8.24. The monoisotopic (exact) mass is 412 g/mol. The average Bonchev–Trinajstić information content (AvgIpc) is 3.26. The number of fused-ring (bicyclic) bond motifs is 1. The molecule has 2 heterocycles. The lowest BCUT2D eigenvalue weighted by Crippen LogP contribution is -2.34. The van der Waals surface area contributed by atoms with Crippen LogP contribution in [0, 0.1) is 5.92 Å². The number of rotatable bonds is 10. The standard InChI is InChI=1S/C22H28N4O2S/c1-16(2)15-23-20(27)10-11-26(12-13-28-3)22-17-7-4-5-8-18(17)24-21(25-22)19-9-6-14-29-19/h4-9,14,16H,10-13,15H2,1-3H3,(H,23,27). The summed E-state index contributed by atoms with van der Waals surface area (Å²) in [4.78, 5) is 25.1. The number of nitrogens with one attached hydrogen (secondary N) is 1. The highest BCUT2D eigenvalue weighted by molar-refractivity contribution is 7.13. The van der Waals surface area contributed by atoms with Gasteiger partial charge in [-0.25, -0.2) is 9.97 Å². The Morgan fingerprint density at radius 2 is 2.00 bits per heavy atom. The van der Waals surface area contributed by atoms with Crippen molar-refractivity contribution in [2.75, 3.05) is 38.3 Å². The molecular formula is C22H28N4O2S. The number of nitrogens with zero attached hydrogens (tertiary/aromatic N) is 3. The summed E-state index contributed by atoms with van der Waals surface area (Å²) >= 11 is 1.62. The van der Waals surface area contributed by atoms with E-state index in [1.54, 1.807) is 18.4 Å². The van der Waals surface area contributed by atoms with Gasteiger partial charge >= 0.3 is 0 Å². The minimum atomic E-state index is 0.0537. The van der Waals surface area contributed by atoms with Crippen molar-refractivity contribution in [3.63, 3.8) is 0 Å². The van der Waals surface area contributed by atoms with Crippen LogP contribution < -0.4 is 10.2 Å². The normalized spacial score (nSPS) is 11.2. The van der Waals surface area contributed by atoms with Crippen molar-refractivity contribution in [2.45, 2.75) is 20.3 Å². The lowest BCUT2D eigenvalue weighted by atomic mass is 10.2. The Labute approximate surface area is 175 Å². The summed E-state index contributed by atoms with van der Waals surface area (Å²) in [5.74, 6) is 2.04. The first-order valence-corrected chi connectivity index (χ1v) is 10.8. The molecule has 0 spiro atoms. The fourth-order valence-electron chi connectivity index (χ4n) is 2.98. The van der Waals surface area contributed by atoms with Crippen molar-refractivity contribution in [2.24, 2.45) is 5.92 Å². The second-order valence-electron chi connectivity index (χ2n) is 7.29. The zero-order valence-electron chi connectivity index (χ0n) is 17.2. The van der Waals surface area contributed by atoms with Crippen LogP contribution >= 0.6 is 11.3 Å². The molecule has 1 amide bonds. The molecule has 2 aromatic heterocycles. The SMILES string of the molecule is COCCN(CCC(=O)NCC(C)C)c1nc(-c2cccs2)nc2ccccc12. The van der Waals surface area contributed by atoms with Gasteiger partial charge in [0.15, 0.2) is 5.82 Å². The lowest BCUT2D eigenvalue weighted by Gasteiger charge is -2.25. The van der Waals surface area contributed by atoms with Crippen LogP contribution in [0.2, 0.25) is 0 Å². The first kappa shape index (κ1) is 21.2. The number of para-hydroxylation sites is 1. The van der Waals surface area contributed by atoms with Gasteiger partial charge in [0.2, 0.25) is 5.91 Å². The van der Waals surface area contributed by atoms with Crippen LogP contribution in [-0.4, -0.2) is 49.2 Å². The molecule has 0 saturated carbocycles. The molecule has 0 unspecified atom stereocenters. The van der Waals surface area contributed by atoms with Gasteiger partial charge in [0.25, 0.3) is 0 Å². The van der Waals surface area contributed by atoms with E-state index in [1.807, 2.05) is 41.8 Å². The molecule has 154 valence electrons. The molecule has 0 fully saturated rings. The Morgan fingerprint density at radius 3 is 2.72 bits per heavy atom. The lowest BCUT2D eigenvalue weighted by molar-refractivity contribution is -0.121. The van der Waals surface area contributed by atoms with Crippen LogP contribution in [-0.2, 0) is 9.53 Å². The Balaban J connectivity index is 1.90. The molecule has 3 rings (SSSR count). The maximum absolute atomic E-state index is 12.3. The topological polar surface area (TPSA) is 67.3 Å². The second kappa shape index (κ2) is 10.3. The van der Waals surface area contributed by atoms with Crippen LogP contribution in [0.5, 0.6) is 0 Å². The highest BCUT2D eigenvalue weighted by Gasteiger charge is 2.17. The Kier molecular flexibility index (Phi) is 7.55. The van der Waals surface area contributed by atoms with E-state index in [9.17, 15) is 4.79 Å². The number of anilines is 1. The minimum Gasteiger partial charge on any atom is -0.383 e. The number of aromatic nitrogens is 2. The summed E-state index contributed by atoms with van der Waals surface area (Å²) in [6, 6.07) is 12.0. The van der Waals surface area contributed by atoms with Crippen molar-refractivity contribution in [3.05, 3.63) is 41.8 Å². The molecule has 0 radical (unpaired) electrons. The maximum Gasteiger partial charge on any atom is 0.221 e. The number of carbonyl (C=O) groups is 1.